The van der Waals surface area contributed by atoms with Gasteiger partial charge >= 0.3 is 0 Å². The molecule has 0 spiro atoms. The summed E-state index contributed by atoms with van der Waals surface area (Å²) in [6.45, 7) is 5.90. The van der Waals surface area contributed by atoms with Crippen molar-refractivity contribution in [3.63, 3.8) is 0 Å². The van der Waals surface area contributed by atoms with E-state index in [1.807, 2.05) is 0 Å². The van der Waals surface area contributed by atoms with Gasteiger partial charge in [-0.3, -0.25) is 10.2 Å². The molecule has 0 aliphatic carbocycles. The summed E-state index contributed by atoms with van der Waals surface area (Å²) >= 11 is 0. The van der Waals surface area contributed by atoms with E-state index < -0.39 is 5.41 Å². The summed E-state index contributed by atoms with van der Waals surface area (Å²) in [7, 11) is 1.62. The van der Waals surface area contributed by atoms with E-state index >= 15 is 0 Å². The van der Waals surface area contributed by atoms with Gasteiger partial charge in [0.15, 0.2) is 0 Å². The van der Waals surface area contributed by atoms with Crippen LogP contribution in [0.2, 0.25) is 0 Å². The number of methoxy groups -OCH3 is 1. The lowest BCUT2D eigenvalue weighted by atomic mass is 9.94. The monoisotopic (exact) mass is 234 g/mol. The first-order chi connectivity index (χ1) is 7.54. The Labute approximate surface area is 96.4 Å². The summed E-state index contributed by atoms with van der Waals surface area (Å²) in [5.41, 5.74) is 1.48. The van der Waals surface area contributed by atoms with Crippen LogP contribution in [0.25, 0.3) is 0 Å². The number of hydrogen-bond donors (Lipinski definition) is 2. The van der Waals surface area contributed by atoms with Crippen molar-refractivity contribution >= 4 is 5.91 Å². The van der Waals surface area contributed by atoms with Gasteiger partial charge in [0, 0.05) is 7.11 Å². The Kier molecular flexibility index (Phi) is 8.10. The minimum atomic E-state index is -0.624. The van der Waals surface area contributed by atoms with Crippen LogP contribution in [0.3, 0.4) is 0 Å². The van der Waals surface area contributed by atoms with Gasteiger partial charge in [0.2, 0.25) is 5.91 Å². The summed E-state index contributed by atoms with van der Waals surface area (Å²) in [5.74, 6) is 4.81. The number of ether oxygens (including phenoxy) is 3. The predicted octanol–water partition coefficient (Wildman–Crippen LogP) is -0.318. The third kappa shape index (κ3) is 6.73. The third-order valence-electron chi connectivity index (χ3n) is 2.01. The van der Waals surface area contributed by atoms with E-state index in [0.29, 0.717) is 33.0 Å². The van der Waals surface area contributed by atoms with Crippen LogP contribution in [0.1, 0.15) is 13.8 Å². The number of nitrogens with one attached hydrogen (secondary N) is 1. The summed E-state index contributed by atoms with van der Waals surface area (Å²) < 4.78 is 15.3. The highest BCUT2D eigenvalue weighted by atomic mass is 16.5. The van der Waals surface area contributed by atoms with Gasteiger partial charge in [-0.05, 0) is 13.8 Å². The van der Waals surface area contributed by atoms with E-state index in [1.54, 1.807) is 21.0 Å². The Hall–Kier alpha value is -0.690. The SMILES string of the molecule is COCCOCCOCC(C)(C)C(=O)NN. The Balaban J connectivity index is 3.47. The first kappa shape index (κ1) is 15.3. The molecule has 0 radical (unpaired) electrons. The highest BCUT2D eigenvalue weighted by Crippen LogP contribution is 2.14. The maximum absolute atomic E-state index is 11.3. The summed E-state index contributed by atoms with van der Waals surface area (Å²) in [5, 5.41) is 0. The Morgan fingerprint density at radius 1 is 1.19 bits per heavy atom. The largest absolute Gasteiger partial charge is 0.382 e. The topological polar surface area (TPSA) is 82.8 Å². The van der Waals surface area contributed by atoms with Crippen LogP contribution < -0.4 is 11.3 Å². The number of carbonyl (C=O) groups excluding carboxylic acids is 1. The Bertz CT molecular complexity index is 197. The van der Waals surface area contributed by atoms with E-state index in [0.717, 1.165) is 0 Å². The Morgan fingerprint density at radius 3 is 2.31 bits per heavy atom. The van der Waals surface area contributed by atoms with Crippen LogP contribution >= 0.6 is 0 Å². The smallest absolute Gasteiger partial charge is 0.241 e. The second-order valence-electron chi connectivity index (χ2n) is 4.02. The third-order valence-corrected chi connectivity index (χ3v) is 2.01. The molecule has 1 amide bonds. The number of nitrogens with two attached hydrogens (primary N) is 1. The highest BCUT2D eigenvalue weighted by Gasteiger charge is 2.26. The van der Waals surface area contributed by atoms with Crippen LogP contribution in [0, 0.1) is 5.41 Å². The van der Waals surface area contributed by atoms with Crippen molar-refractivity contribution in [2.75, 3.05) is 40.1 Å². The molecule has 0 heterocycles. The maximum Gasteiger partial charge on any atom is 0.241 e. The van der Waals surface area contributed by atoms with Crippen LogP contribution in [0.4, 0.5) is 0 Å². The van der Waals surface area contributed by atoms with Gasteiger partial charge < -0.3 is 14.2 Å². The maximum atomic E-state index is 11.3. The van der Waals surface area contributed by atoms with Crippen molar-refractivity contribution in [1.29, 1.82) is 0 Å². The highest BCUT2D eigenvalue weighted by molar-refractivity contribution is 5.81. The Morgan fingerprint density at radius 2 is 1.75 bits per heavy atom. The fraction of sp³-hybridized carbons (Fsp3) is 0.900. The van der Waals surface area contributed by atoms with Gasteiger partial charge in [-0.2, -0.15) is 0 Å². The number of carbonyl (C=O) groups is 1. The molecule has 0 rings (SSSR count). The lowest BCUT2D eigenvalue weighted by Gasteiger charge is -2.21. The van der Waals surface area contributed by atoms with Gasteiger partial charge in [0.1, 0.15) is 0 Å². The van der Waals surface area contributed by atoms with E-state index in [9.17, 15) is 4.79 Å². The average Bonchev–Trinajstić information content (AvgIpc) is 2.26. The summed E-state index contributed by atoms with van der Waals surface area (Å²) in [6, 6.07) is 0. The lowest BCUT2D eigenvalue weighted by Crippen LogP contribution is -2.43. The van der Waals surface area contributed by atoms with Crippen LogP contribution in [0.15, 0.2) is 0 Å². The molecule has 16 heavy (non-hydrogen) atoms. The first-order valence-corrected chi connectivity index (χ1v) is 5.20. The molecule has 0 saturated carbocycles. The zero-order valence-electron chi connectivity index (χ0n) is 10.2. The number of hydrazine groups is 1. The van der Waals surface area contributed by atoms with Crippen LogP contribution in [0.5, 0.6) is 0 Å². The molecule has 0 bridgehead atoms. The van der Waals surface area contributed by atoms with Gasteiger partial charge in [-0.1, -0.05) is 0 Å². The fourth-order valence-electron chi connectivity index (χ4n) is 0.950. The molecule has 0 aliphatic heterocycles. The van der Waals surface area contributed by atoms with Gasteiger partial charge in [0.25, 0.3) is 0 Å². The van der Waals surface area contributed by atoms with Crippen molar-refractivity contribution in [3.8, 4) is 0 Å². The van der Waals surface area contributed by atoms with Crippen LogP contribution in [-0.4, -0.2) is 46.1 Å². The molecule has 3 N–H and O–H groups in total. The number of amides is 1. The van der Waals surface area contributed by atoms with E-state index in [2.05, 4.69) is 5.43 Å². The summed E-state index contributed by atoms with van der Waals surface area (Å²) in [4.78, 5) is 11.3. The molecule has 96 valence electrons. The molecule has 0 fully saturated rings. The molecule has 0 aromatic carbocycles. The first-order valence-electron chi connectivity index (χ1n) is 5.20. The molecule has 0 saturated heterocycles. The minimum Gasteiger partial charge on any atom is -0.382 e. The van der Waals surface area contributed by atoms with E-state index in [1.165, 1.54) is 0 Å². The van der Waals surface area contributed by atoms with E-state index in [-0.39, 0.29) is 5.91 Å². The molecular formula is C10H22N2O4. The van der Waals surface area contributed by atoms with Gasteiger partial charge in [-0.25, -0.2) is 5.84 Å². The second kappa shape index (κ2) is 8.46. The molecule has 6 nitrogen and oxygen atoms in total. The van der Waals surface area contributed by atoms with Crippen molar-refractivity contribution < 1.29 is 19.0 Å². The normalized spacial score (nSPS) is 11.5. The fourth-order valence-corrected chi connectivity index (χ4v) is 0.950. The predicted molar refractivity (Wildman–Crippen MR) is 59.6 cm³/mol. The zero-order valence-corrected chi connectivity index (χ0v) is 10.2. The van der Waals surface area contributed by atoms with Crippen molar-refractivity contribution in [2.45, 2.75) is 13.8 Å². The van der Waals surface area contributed by atoms with Crippen molar-refractivity contribution in [1.82, 2.24) is 5.43 Å². The molecule has 0 aromatic heterocycles. The lowest BCUT2D eigenvalue weighted by molar-refractivity contribution is -0.133. The molecular weight excluding hydrogens is 212 g/mol. The van der Waals surface area contributed by atoms with Gasteiger partial charge in [-0.15, -0.1) is 0 Å². The van der Waals surface area contributed by atoms with Crippen molar-refractivity contribution in [2.24, 2.45) is 11.3 Å². The number of hydrogen-bond acceptors (Lipinski definition) is 5. The zero-order chi connectivity index (χ0) is 12.4. The molecule has 0 aromatic rings. The average molecular weight is 234 g/mol. The molecule has 0 aliphatic rings. The number of rotatable bonds is 9. The van der Waals surface area contributed by atoms with Gasteiger partial charge in [0.05, 0.1) is 38.4 Å². The van der Waals surface area contributed by atoms with E-state index in [4.69, 9.17) is 20.1 Å². The second-order valence-corrected chi connectivity index (χ2v) is 4.02. The quantitative estimate of drug-likeness (QED) is 0.247. The summed E-state index contributed by atoms with van der Waals surface area (Å²) in [6.07, 6.45) is 0. The molecule has 0 unspecified atom stereocenters. The molecule has 0 atom stereocenters. The van der Waals surface area contributed by atoms with Crippen molar-refractivity contribution in [3.05, 3.63) is 0 Å². The van der Waals surface area contributed by atoms with Crippen LogP contribution in [-0.2, 0) is 19.0 Å². The molecule has 6 heteroatoms. The standard InChI is InChI=1S/C10H22N2O4/c1-10(2,9(13)12-11)8-16-7-6-15-5-4-14-3/h4-8,11H2,1-3H3,(H,12,13). The minimum absolute atomic E-state index is 0.243.